The highest BCUT2D eigenvalue weighted by Gasteiger charge is 2.33. The minimum atomic E-state index is -0.413. The van der Waals surface area contributed by atoms with E-state index < -0.39 is 5.75 Å². The third kappa shape index (κ3) is 1.59. The van der Waals surface area contributed by atoms with Gasteiger partial charge in [0.25, 0.3) is 0 Å². The molecule has 25 heavy (non-hydrogen) atoms. The van der Waals surface area contributed by atoms with Crippen molar-refractivity contribution in [1.82, 2.24) is 0 Å². The van der Waals surface area contributed by atoms with Crippen molar-refractivity contribution < 1.29 is 24.2 Å². The van der Waals surface area contributed by atoms with Crippen LogP contribution in [-0.4, -0.2) is 23.1 Å². The fourth-order valence-electron chi connectivity index (χ4n) is 3.64. The van der Waals surface area contributed by atoms with Crippen molar-refractivity contribution in [2.75, 3.05) is 7.11 Å². The Kier molecular flexibility index (Phi) is 2.53. The van der Waals surface area contributed by atoms with Crippen molar-refractivity contribution in [3.63, 3.8) is 0 Å². The van der Waals surface area contributed by atoms with Crippen LogP contribution in [-0.2, 0) is 0 Å². The Balaban J connectivity index is 2.01. The summed E-state index contributed by atoms with van der Waals surface area (Å²) in [5, 5.41) is 22.2. The normalized spacial score (nSPS) is 12.6. The second kappa shape index (κ2) is 4.54. The summed E-state index contributed by atoms with van der Waals surface area (Å²) in [5.41, 5.74) is 2.01. The topological polar surface area (TPSA) is 79.9 Å². The lowest BCUT2D eigenvalue weighted by atomic mass is 9.86. The largest absolute Gasteiger partial charge is 0.504 e. The van der Waals surface area contributed by atoms with Crippen LogP contribution in [0.2, 0.25) is 0 Å². The summed E-state index contributed by atoms with van der Waals surface area (Å²) >= 11 is 0. The molecule has 2 N–H and O–H groups in total. The first-order chi connectivity index (χ1) is 12.1. The molecule has 0 radical (unpaired) electrons. The molecule has 0 unspecified atom stereocenters. The molecule has 0 amide bonds. The number of hydrogen-bond donors (Lipinski definition) is 2. The molecule has 5 nitrogen and oxygen atoms in total. The van der Waals surface area contributed by atoms with Crippen LogP contribution in [0.4, 0.5) is 0 Å². The zero-order chi connectivity index (χ0) is 17.3. The van der Waals surface area contributed by atoms with E-state index in [0.29, 0.717) is 22.3 Å². The summed E-state index contributed by atoms with van der Waals surface area (Å²) in [5.74, 6) is -0.520. The first kappa shape index (κ1) is 13.9. The van der Waals surface area contributed by atoms with Gasteiger partial charge in [0.1, 0.15) is 5.76 Å². The molecule has 1 heterocycles. The highest BCUT2D eigenvalue weighted by molar-refractivity contribution is 6.29. The number of benzene rings is 3. The van der Waals surface area contributed by atoms with Gasteiger partial charge in [-0.05, 0) is 11.5 Å². The van der Waals surface area contributed by atoms with E-state index in [0.717, 1.165) is 16.3 Å². The second-order valence-corrected chi connectivity index (χ2v) is 6.00. The number of aromatic hydroxyl groups is 2. The molecule has 5 rings (SSSR count). The molecule has 1 aliphatic carbocycles. The zero-order valence-corrected chi connectivity index (χ0v) is 13.2. The van der Waals surface area contributed by atoms with E-state index in [2.05, 4.69) is 0 Å². The van der Waals surface area contributed by atoms with Gasteiger partial charge in [-0.1, -0.05) is 36.4 Å². The zero-order valence-electron chi connectivity index (χ0n) is 13.2. The number of hydrogen-bond acceptors (Lipinski definition) is 5. The third-order valence-electron chi connectivity index (χ3n) is 4.72. The monoisotopic (exact) mass is 332 g/mol. The fourth-order valence-corrected chi connectivity index (χ4v) is 3.64. The summed E-state index contributed by atoms with van der Waals surface area (Å²) in [6.45, 7) is 0. The van der Waals surface area contributed by atoms with Crippen LogP contribution in [0.3, 0.4) is 0 Å². The summed E-state index contributed by atoms with van der Waals surface area (Å²) in [4.78, 5) is 13.1. The molecule has 1 aromatic heterocycles. The van der Waals surface area contributed by atoms with Crippen molar-refractivity contribution in [3.8, 4) is 28.6 Å². The molecule has 3 aromatic carbocycles. The lowest BCUT2D eigenvalue weighted by molar-refractivity contribution is 0.104. The molecule has 5 heteroatoms. The number of furan rings is 1. The number of methoxy groups -OCH3 is 1. The Hall–Kier alpha value is -3.47. The van der Waals surface area contributed by atoms with Gasteiger partial charge in [-0.3, -0.25) is 4.79 Å². The van der Waals surface area contributed by atoms with E-state index in [9.17, 15) is 15.0 Å². The number of carbonyl (C=O) groups excluding carboxylic acids is 1. The van der Waals surface area contributed by atoms with Crippen LogP contribution in [0.25, 0.3) is 33.1 Å². The maximum atomic E-state index is 13.1. The maximum absolute atomic E-state index is 13.1. The Morgan fingerprint density at radius 2 is 1.76 bits per heavy atom. The Morgan fingerprint density at radius 3 is 2.48 bits per heavy atom. The minimum Gasteiger partial charge on any atom is -0.504 e. The Labute approximate surface area is 141 Å². The van der Waals surface area contributed by atoms with Gasteiger partial charge < -0.3 is 19.4 Å². The van der Waals surface area contributed by atoms with Gasteiger partial charge in [0, 0.05) is 21.9 Å². The predicted octanol–water partition coefficient (Wildman–Crippen LogP) is 4.22. The number of phenolic OH excluding ortho intramolecular Hbond substituents is 2. The quantitative estimate of drug-likeness (QED) is 0.449. The molecule has 0 aliphatic heterocycles. The summed E-state index contributed by atoms with van der Waals surface area (Å²) in [6.07, 6.45) is 0. The van der Waals surface area contributed by atoms with E-state index in [-0.39, 0.29) is 22.9 Å². The van der Waals surface area contributed by atoms with Gasteiger partial charge in [-0.25, -0.2) is 0 Å². The van der Waals surface area contributed by atoms with Gasteiger partial charge in [-0.2, -0.15) is 0 Å². The van der Waals surface area contributed by atoms with Crippen molar-refractivity contribution >= 4 is 27.5 Å². The van der Waals surface area contributed by atoms with E-state index in [1.54, 1.807) is 6.07 Å². The van der Waals surface area contributed by atoms with Crippen LogP contribution in [0, 0.1) is 0 Å². The van der Waals surface area contributed by atoms with E-state index in [1.165, 1.54) is 13.2 Å². The number of fused-ring (bicyclic) bond motifs is 4. The predicted molar refractivity (Wildman–Crippen MR) is 92.5 cm³/mol. The number of ketones is 1. The molecule has 0 fully saturated rings. The third-order valence-corrected chi connectivity index (χ3v) is 4.72. The van der Waals surface area contributed by atoms with E-state index in [4.69, 9.17) is 9.15 Å². The highest BCUT2D eigenvalue weighted by Crippen LogP contribution is 2.50. The van der Waals surface area contributed by atoms with Crippen LogP contribution in [0.1, 0.15) is 15.9 Å². The molecular formula is C20H12O5. The van der Waals surface area contributed by atoms with Gasteiger partial charge in [0.15, 0.2) is 17.1 Å². The summed E-state index contributed by atoms with van der Waals surface area (Å²) in [6, 6.07) is 12.7. The first-order valence-electron chi connectivity index (χ1n) is 7.74. The molecule has 0 bridgehead atoms. The standard InChI is InChI=1S/C20H12O5/c1-24-20-17(23)13(21)8-12-15-16(22)10-6-2-4-9-5-3-7-11(14(9)10)18(15)25-19(12)20/h2-8,21,23H,1H3. The molecule has 122 valence electrons. The number of carbonyl (C=O) groups is 1. The smallest absolute Gasteiger partial charge is 0.208 e. The molecule has 4 aromatic rings. The van der Waals surface area contributed by atoms with Gasteiger partial charge >= 0.3 is 0 Å². The highest BCUT2D eigenvalue weighted by atomic mass is 16.5. The van der Waals surface area contributed by atoms with Crippen molar-refractivity contribution in [3.05, 3.63) is 53.6 Å². The van der Waals surface area contributed by atoms with Crippen LogP contribution in [0.15, 0.2) is 46.9 Å². The van der Waals surface area contributed by atoms with Gasteiger partial charge in [-0.15, -0.1) is 0 Å². The Bertz CT molecular complexity index is 1210. The number of rotatable bonds is 1. The lowest BCUT2D eigenvalue weighted by Gasteiger charge is -2.15. The molecule has 0 spiro atoms. The van der Waals surface area contributed by atoms with Crippen LogP contribution >= 0.6 is 0 Å². The van der Waals surface area contributed by atoms with Gasteiger partial charge in [0.05, 0.1) is 12.7 Å². The van der Waals surface area contributed by atoms with Crippen LogP contribution < -0.4 is 4.74 Å². The average Bonchev–Trinajstić information content (AvgIpc) is 2.99. The SMILES string of the molecule is COc1c(O)c(O)cc2c3c(oc12)-c1cccc2cccc(c12)C3=O. The molecule has 0 saturated carbocycles. The van der Waals surface area contributed by atoms with E-state index in [1.807, 2.05) is 30.3 Å². The van der Waals surface area contributed by atoms with E-state index >= 15 is 0 Å². The second-order valence-electron chi connectivity index (χ2n) is 6.00. The molecule has 0 saturated heterocycles. The first-order valence-corrected chi connectivity index (χ1v) is 7.74. The lowest BCUT2D eigenvalue weighted by Crippen LogP contribution is -2.08. The number of ether oxygens (including phenoxy) is 1. The van der Waals surface area contributed by atoms with Crippen molar-refractivity contribution in [2.45, 2.75) is 0 Å². The van der Waals surface area contributed by atoms with Gasteiger partial charge in [0.2, 0.25) is 11.5 Å². The van der Waals surface area contributed by atoms with Crippen molar-refractivity contribution in [2.24, 2.45) is 0 Å². The molecular weight excluding hydrogens is 320 g/mol. The van der Waals surface area contributed by atoms with Crippen molar-refractivity contribution in [1.29, 1.82) is 0 Å². The maximum Gasteiger partial charge on any atom is 0.208 e. The molecule has 1 aliphatic rings. The average molecular weight is 332 g/mol. The fraction of sp³-hybridized carbons (Fsp3) is 0.0500. The molecule has 0 atom stereocenters. The number of phenols is 2. The Morgan fingerprint density at radius 1 is 1.04 bits per heavy atom. The minimum absolute atomic E-state index is 0.00781. The summed E-state index contributed by atoms with van der Waals surface area (Å²) < 4.78 is 11.1. The summed E-state index contributed by atoms with van der Waals surface area (Å²) in [7, 11) is 1.37. The van der Waals surface area contributed by atoms with Crippen LogP contribution in [0.5, 0.6) is 17.2 Å².